The summed E-state index contributed by atoms with van der Waals surface area (Å²) in [6.45, 7) is 0.941. The van der Waals surface area contributed by atoms with Crippen molar-refractivity contribution in [1.29, 1.82) is 0 Å². The van der Waals surface area contributed by atoms with Crippen LogP contribution in [0.15, 0.2) is 73.4 Å². The van der Waals surface area contributed by atoms with Gasteiger partial charge in [-0.25, -0.2) is 9.97 Å². The van der Waals surface area contributed by atoms with Gasteiger partial charge in [0.1, 0.15) is 19.5 Å². The molecule has 5 aromatic rings. The van der Waals surface area contributed by atoms with Crippen LogP contribution < -0.4 is 10.1 Å². The molecule has 3 aromatic heterocycles. The first-order chi connectivity index (χ1) is 15.3. The Bertz CT molecular complexity index is 1340. The number of imidazole rings is 1. The highest BCUT2D eigenvalue weighted by Crippen LogP contribution is 2.20. The maximum Gasteiger partial charge on any atom is 0.245 e. The molecule has 0 aliphatic rings. The summed E-state index contributed by atoms with van der Waals surface area (Å²) in [4.78, 5) is 28.5. The quantitative estimate of drug-likeness (QED) is 0.428. The van der Waals surface area contributed by atoms with Gasteiger partial charge in [-0.05, 0) is 34.7 Å². The highest BCUT2D eigenvalue weighted by atomic mass is 16.5. The zero-order valence-electron chi connectivity index (χ0n) is 16.7. The predicted molar refractivity (Wildman–Crippen MR) is 116 cm³/mol. The third-order valence-electron chi connectivity index (χ3n) is 5.01. The minimum Gasteiger partial charge on any atom is -0.471 e. The van der Waals surface area contributed by atoms with Gasteiger partial charge in [0.15, 0.2) is 11.2 Å². The van der Waals surface area contributed by atoms with Crippen molar-refractivity contribution in [2.75, 3.05) is 0 Å². The standard InChI is InChI=1S/C23H20N6O2/c30-20(25-11-17-6-7-19-18(10-17)8-9-24-19)12-29-15-28-21-22(29)26-14-27-23(21)31-13-16-4-2-1-3-5-16/h1-10,14-15,24H,11-13H2,(H,25,30). The SMILES string of the molecule is O=C(Cn1cnc2c(OCc3ccccc3)ncnc21)NCc1ccc2[nH]ccc2c1. The number of carbonyl (C=O) groups is 1. The number of ether oxygens (including phenoxy) is 1. The molecule has 0 radical (unpaired) electrons. The summed E-state index contributed by atoms with van der Waals surface area (Å²) in [7, 11) is 0. The van der Waals surface area contributed by atoms with Gasteiger partial charge >= 0.3 is 0 Å². The first-order valence-electron chi connectivity index (χ1n) is 9.91. The molecule has 0 aliphatic heterocycles. The summed E-state index contributed by atoms with van der Waals surface area (Å²) in [6, 6.07) is 17.9. The molecule has 0 saturated heterocycles. The van der Waals surface area contributed by atoms with Crippen LogP contribution in [0, 0.1) is 0 Å². The largest absolute Gasteiger partial charge is 0.471 e. The average Bonchev–Trinajstić information content (AvgIpc) is 3.44. The summed E-state index contributed by atoms with van der Waals surface area (Å²) in [6.07, 6.45) is 4.90. The monoisotopic (exact) mass is 412 g/mol. The van der Waals surface area contributed by atoms with E-state index in [1.54, 1.807) is 10.9 Å². The molecule has 5 rings (SSSR count). The van der Waals surface area contributed by atoms with Crippen LogP contribution in [0.1, 0.15) is 11.1 Å². The molecule has 0 unspecified atom stereocenters. The van der Waals surface area contributed by atoms with Crippen molar-refractivity contribution >= 4 is 28.0 Å². The van der Waals surface area contributed by atoms with Gasteiger partial charge < -0.3 is 19.6 Å². The van der Waals surface area contributed by atoms with Gasteiger partial charge in [-0.2, -0.15) is 4.98 Å². The highest BCUT2D eigenvalue weighted by molar-refractivity contribution is 5.81. The molecular formula is C23H20N6O2. The fraction of sp³-hybridized carbons (Fsp3) is 0.130. The maximum absolute atomic E-state index is 12.5. The van der Waals surface area contributed by atoms with Gasteiger partial charge in [0.25, 0.3) is 0 Å². The Morgan fingerprint density at radius 2 is 1.94 bits per heavy atom. The Hall–Kier alpha value is -4.20. The molecule has 2 N–H and O–H groups in total. The van der Waals surface area contributed by atoms with Crippen molar-refractivity contribution in [3.63, 3.8) is 0 Å². The molecule has 0 fully saturated rings. The lowest BCUT2D eigenvalue weighted by Crippen LogP contribution is -2.26. The number of carbonyl (C=O) groups excluding carboxylic acids is 1. The molecule has 0 atom stereocenters. The predicted octanol–water partition coefficient (Wildman–Crippen LogP) is 3.20. The smallest absolute Gasteiger partial charge is 0.245 e. The third-order valence-corrected chi connectivity index (χ3v) is 5.01. The number of nitrogens with one attached hydrogen (secondary N) is 2. The van der Waals surface area contributed by atoms with Crippen molar-refractivity contribution < 1.29 is 9.53 Å². The molecule has 0 spiro atoms. The fourth-order valence-electron chi connectivity index (χ4n) is 3.43. The Morgan fingerprint density at radius 1 is 1.03 bits per heavy atom. The summed E-state index contributed by atoms with van der Waals surface area (Å²) < 4.78 is 7.52. The van der Waals surface area contributed by atoms with E-state index in [4.69, 9.17) is 4.74 Å². The van der Waals surface area contributed by atoms with E-state index in [1.807, 2.05) is 54.7 Å². The van der Waals surface area contributed by atoms with Gasteiger partial charge in [-0.1, -0.05) is 36.4 Å². The Labute approximate surface area is 177 Å². The number of hydrogen-bond acceptors (Lipinski definition) is 5. The Balaban J connectivity index is 1.25. The lowest BCUT2D eigenvalue weighted by Gasteiger charge is -2.08. The minimum absolute atomic E-state index is 0.109. The van der Waals surface area contributed by atoms with Gasteiger partial charge in [0.05, 0.1) is 6.33 Å². The number of nitrogens with zero attached hydrogens (tertiary/aromatic N) is 4. The lowest BCUT2D eigenvalue weighted by molar-refractivity contribution is -0.121. The van der Waals surface area contributed by atoms with E-state index in [9.17, 15) is 4.79 Å². The van der Waals surface area contributed by atoms with Gasteiger partial charge in [-0.3, -0.25) is 4.79 Å². The van der Waals surface area contributed by atoms with Crippen LogP contribution in [0.25, 0.3) is 22.1 Å². The summed E-state index contributed by atoms with van der Waals surface area (Å²) in [5, 5.41) is 4.07. The van der Waals surface area contributed by atoms with Crippen LogP contribution >= 0.6 is 0 Å². The second kappa shape index (κ2) is 8.27. The Morgan fingerprint density at radius 3 is 2.84 bits per heavy atom. The van der Waals surface area contributed by atoms with Crippen LogP contribution in [-0.2, 0) is 24.5 Å². The second-order valence-corrected chi connectivity index (χ2v) is 7.17. The topological polar surface area (TPSA) is 97.7 Å². The van der Waals surface area contributed by atoms with Crippen molar-refractivity contribution in [1.82, 2.24) is 29.8 Å². The highest BCUT2D eigenvalue weighted by Gasteiger charge is 2.13. The molecule has 8 nitrogen and oxygen atoms in total. The van der Waals surface area contributed by atoms with Crippen LogP contribution in [-0.4, -0.2) is 30.4 Å². The lowest BCUT2D eigenvalue weighted by atomic mass is 10.1. The number of rotatable bonds is 7. The number of hydrogen-bond donors (Lipinski definition) is 2. The van der Waals surface area contributed by atoms with E-state index in [-0.39, 0.29) is 12.5 Å². The van der Waals surface area contributed by atoms with Crippen molar-refractivity contribution in [3.05, 3.63) is 84.6 Å². The Kier molecular flexibility index (Phi) is 5.02. The van der Waals surface area contributed by atoms with Crippen LogP contribution in [0.4, 0.5) is 0 Å². The summed E-state index contributed by atoms with van der Waals surface area (Å²) >= 11 is 0. The molecule has 0 aliphatic carbocycles. The first-order valence-corrected chi connectivity index (χ1v) is 9.91. The van der Waals surface area contributed by atoms with E-state index in [1.165, 1.54) is 6.33 Å². The molecule has 154 valence electrons. The van der Waals surface area contributed by atoms with E-state index in [2.05, 4.69) is 31.3 Å². The van der Waals surface area contributed by atoms with Crippen molar-refractivity contribution in [3.8, 4) is 5.88 Å². The normalized spacial score (nSPS) is 11.1. The summed E-state index contributed by atoms with van der Waals surface area (Å²) in [5.74, 6) is 0.270. The van der Waals surface area contributed by atoms with Crippen LogP contribution in [0.3, 0.4) is 0 Å². The number of H-pyrrole nitrogens is 1. The number of amides is 1. The second-order valence-electron chi connectivity index (χ2n) is 7.17. The number of fused-ring (bicyclic) bond motifs is 2. The molecule has 0 saturated carbocycles. The van der Waals surface area contributed by atoms with Crippen molar-refractivity contribution in [2.45, 2.75) is 19.7 Å². The van der Waals surface area contributed by atoms with Crippen LogP contribution in [0.5, 0.6) is 5.88 Å². The minimum atomic E-state index is -0.126. The zero-order valence-corrected chi connectivity index (χ0v) is 16.7. The van der Waals surface area contributed by atoms with Gasteiger partial charge in [-0.15, -0.1) is 0 Å². The van der Waals surface area contributed by atoms with E-state index < -0.39 is 0 Å². The molecule has 31 heavy (non-hydrogen) atoms. The molecule has 8 heteroatoms. The molecule has 1 amide bonds. The fourth-order valence-corrected chi connectivity index (χ4v) is 3.43. The first kappa shape index (κ1) is 18.8. The average molecular weight is 412 g/mol. The van der Waals surface area contributed by atoms with Crippen LogP contribution in [0.2, 0.25) is 0 Å². The molecule has 3 heterocycles. The molecule has 2 aromatic carbocycles. The van der Waals surface area contributed by atoms with E-state index >= 15 is 0 Å². The summed E-state index contributed by atoms with van der Waals surface area (Å²) in [5.41, 5.74) is 4.23. The number of aromatic nitrogens is 5. The molecule has 0 bridgehead atoms. The van der Waals surface area contributed by atoms with E-state index in [0.29, 0.717) is 30.2 Å². The number of benzene rings is 2. The maximum atomic E-state index is 12.5. The third kappa shape index (κ3) is 4.09. The van der Waals surface area contributed by atoms with Gasteiger partial charge in [0.2, 0.25) is 11.8 Å². The molecular weight excluding hydrogens is 392 g/mol. The van der Waals surface area contributed by atoms with Crippen molar-refractivity contribution in [2.24, 2.45) is 0 Å². The van der Waals surface area contributed by atoms with Gasteiger partial charge in [0, 0.05) is 18.3 Å². The van der Waals surface area contributed by atoms with E-state index in [0.717, 1.165) is 22.0 Å². The zero-order chi connectivity index (χ0) is 21.0. The number of aromatic amines is 1.